The molecule has 2 aromatic heterocycles. The number of benzene rings is 2. The van der Waals surface area contributed by atoms with Gasteiger partial charge >= 0.3 is 5.97 Å². The van der Waals surface area contributed by atoms with Crippen LogP contribution in [0.1, 0.15) is 34.9 Å². The number of esters is 1. The Morgan fingerprint density at radius 1 is 1.06 bits per heavy atom. The van der Waals surface area contributed by atoms with E-state index in [-0.39, 0.29) is 11.9 Å². The highest BCUT2D eigenvalue weighted by atomic mass is 32.9. The van der Waals surface area contributed by atoms with Crippen molar-refractivity contribution in [2.75, 3.05) is 0 Å². The van der Waals surface area contributed by atoms with Crippen molar-refractivity contribution in [3.8, 4) is 16.2 Å². The summed E-state index contributed by atoms with van der Waals surface area (Å²) >= 11 is 11.0. The highest BCUT2D eigenvalue weighted by Crippen LogP contribution is 2.35. The number of nitrogens with zero attached hydrogens (tertiary/aromatic N) is 1. The van der Waals surface area contributed by atoms with Gasteiger partial charge in [-0.25, -0.2) is 0 Å². The Hall–Kier alpha value is -2.45. The average molecular weight is 494 g/mol. The Labute approximate surface area is 204 Å². The molecule has 0 spiro atoms. The summed E-state index contributed by atoms with van der Waals surface area (Å²) in [7, 11) is 3.26. The molecule has 5 rings (SSSR count). The lowest BCUT2D eigenvalue weighted by Crippen LogP contribution is -2.17. The number of aryl methyl sites for hydroxylation is 1. The average Bonchev–Trinajstić information content (AvgIpc) is 3.50. The van der Waals surface area contributed by atoms with Crippen LogP contribution in [-0.4, -0.2) is 15.4 Å². The number of aromatic nitrogens is 1. The smallest absolute Gasteiger partial charge is 0.320 e. The molecule has 0 saturated carbocycles. The summed E-state index contributed by atoms with van der Waals surface area (Å²) in [5.74, 6) is 0.0571. The predicted molar refractivity (Wildman–Crippen MR) is 138 cm³/mol. The van der Waals surface area contributed by atoms with Gasteiger partial charge in [-0.2, -0.15) is 0 Å². The Morgan fingerprint density at radius 3 is 2.59 bits per heavy atom. The van der Waals surface area contributed by atoms with Crippen LogP contribution in [-0.2, 0) is 11.3 Å². The molecule has 3 heterocycles. The molecule has 0 saturated heterocycles. The van der Waals surface area contributed by atoms with Gasteiger partial charge in [-0.3, -0.25) is 4.79 Å². The number of carbonyl (C=O) groups is 1. The minimum Gasteiger partial charge on any atom is -0.426 e. The van der Waals surface area contributed by atoms with Crippen molar-refractivity contribution < 1.29 is 9.53 Å². The first-order chi connectivity index (χ1) is 15.5. The Morgan fingerprint density at radius 2 is 1.88 bits per heavy atom. The van der Waals surface area contributed by atoms with Crippen molar-refractivity contribution in [2.45, 2.75) is 25.8 Å². The van der Waals surface area contributed by atoms with Crippen LogP contribution in [0.15, 0.2) is 66.7 Å². The van der Waals surface area contributed by atoms with E-state index >= 15 is 0 Å². The molecular formula is C25H19NO2S4. The fraction of sp³-hybridized carbons (Fsp3) is 0.160. The molecular weight excluding hydrogens is 475 g/mol. The second-order valence-corrected chi connectivity index (χ2v) is 11.0. The minimum absolute atomic E-state index is 0.225. The first-order valence-electron chi connectivity index (χ1n) is 10.2. The Balaban J connectivity index is 1.34. The number of fused-ring (bicyclic) bond motifs is 1. The van der Waals surface area contributed by atoms with E-state index in [4.69, 9.17) is 29.2 Å². The second-order valence-electron chi connectivity index (χ2n) is 7.72. The van der Waals surface area contributed by atoms with E-state index < -0.39 is 0 Å². The van der Waals surface area contributed by atoms with Crippen LogP contribution in [0.3, 0.4) is 0 Å². The largest absolute Gasteiger partial charge is 0.426 e. The number of hydrogen-bond donors (Lipinski definition) is 0. The summed E-state index contributed by atoms with van der Waals surface area (Å²) < 4.78 is 8.82. The predicted octanol–water partition coefficient (Wildman–Crippen LogP) is 7.18. The van der Waals surface area contributed by atoms with Crippen molar-refractivity contribution >= 4 is 56.0 Å². The van der Waals surface area contributed by atoms with E-state index in [0.29, 0.717) is 12.2 Å². The molecule has 0 N–H and O–H groups in total. The van der Waals surface area contributed by atoms with Crippen LogP contribution >= 0.6 is 45.1 Å². The molecule has 1 unspecified atom stereocenters. The fourth-order valence-electron chi connectivity index (χ4n) is 4.14. The molecule has 4 aromatic rings. The molecule has 32 heavy (non-hydrogen) atoms. The summed E-state index contributed by atoms with van der Waals surface area (Å²) in [4.78, 5) is 15.0. The van der Waals surface area contributed by atoms with Gasteiger partial charge in [0.2, 0.25) is 0 Å². The molecule has 3 nitrogen and oxygen atoms in total. The Bertz CT molecular complexity index is 1380. The monoisotopic (exact) mass is 493 g/mol. The highest BCUT2D eigenvalue weighted by Gasteiger charge is 2.32. The van der Waals surface area contributed by atoms with Gasteiger partial charge in [0.15, 0.2) is 0 Å². The maximum Gasteiger partial charge on any atom is 0.320 e. The minimum atomic E-state index is -0.288. The van der Waals surface area contributed by atoms with Gasteiger partial charge in [-0.15, -0.1) is 0 Å². The zero-order chi connectivity index (χ0) is 22.2. The van der Waals surface area contributed by atoms with Gasteiger partial charge in [0.05, 0.1) is 16.5 Å². The molecule has 7 heteroatoms. The SMILES string of the molecule is Cc1cc(OC(=O)C2CCn3c(C(=S)c4ccccc4)ccc32)ccc1-c1cc(=S)ss1. The van der Waals surface area contributed by atoms with Gasteiger partial charge in [-0.05, 0) is 66.4 Å². The number of thiocarbonyl (C=S) groups is 1. The Kier molecular flexibility index (Phi) is 5.90. The lowest BCUT2D eigenvalue weighted by molar-refractivity contribution is -0.136. The number of rotatable bonds is 5. The van der Waals surface area contributed by atoms with Crippen molar-refractivity contribution in [3.63, 3.8) is 0 Å². The molecule has 1 aliphatic rings. The van der Waals surface area contributed by atoms with Crippen molar-refractivity contribution in [2.24, 2.45) is 0 Å². The molecule has 0 fully saturated rings. The normalized spacial score (nSPS) is 14.8. The maximum absolute atomic E-state index is 13.0. The van der Waals surface area contributed by atoms with E-state index in [1.807, 2.05) is 73.7 Å². The maximum atomic E-state index is 13.0. The molecule has 0 radical (unpaired) electrons. The van der Waals surface area contributed by atoms with Crippen LogP contribution in [0.5, 0.6) is 5.75 Å². The lowest BCUT2D eigenvalue weighted by Gasteiger charge is -2.11. The molecule has 160 valence electrons. The number of carbonyl (C=O) groups excluding carboxylic acids is 1. The van der Waals surface area contributed by atoms with Gasteiger partial charge in [-0.1, -0.05) is 75.4 Å². The summed E-state index contributed by atoms with van der Waals surface area (Å²) in [5, 5.41) is 0. The van der Waals surface area contributed by atoms with Crippen molar-refractivity contribution in [1.29, 1.82) is 0 Å². The molecule has 0 amide bonds. The van der Waals surface area contributed by atoms with Gasteiger partial charge in [0, 0.05) is 17.1 Å². The van der Waals surface area contributed by atoms with E-state index in [1.54, 1.807) is 20.7 Å². The van der Waals surface area contributed by atoms with Crippen molar-refractivity contribution in [1.82, 2.24) is 4.57 Å². The summed E-state index contributed by atoms with van der Waals surface area (Å²) in [6.45, 7) is 2.78. The summed E-state index contributed by atoms with van der Waals surface area (Å²) in [6.07, 6.45) is 0.717. The lowest BCUT2D eigenvalue weighted by atomic mass is 10.0. The fourth-order valence-corrected chi connectivity index (χ4v) is 6.93. The molecule has 1 aliphatic heterocycles. The summed E-state index contributed by atoms with van der Waals surface area (Å²) in [6, 6.07) is 21.8. The quantitative estimate of drug-likeness (QED) is 0.0969. The number of ether oxygens (including phenoxy) is 1. The summed E-state index contributed by atoms with van der Waals surface area (Å²) in [5.41, 5.74) is 5.14. The third-order valence-corrected chi connectivity index (χ3v) is 9.05. The van der Waals surface area contributed by atoms with Gasteiger partial charge < -0.3 is 9.30 Å². The molecule has 2 aromatic carbocycles. The zero-order valence-corrected chi connectivity index (χ0v) is 20.5. The van der Waals surface area contributed by atoms with E-state index in [9.17, 15) is 4.79 Å². The van der Waals surface area contributed by atoms with E-state index in [0.717, 1.165) is 48.2 Å². The molecule has 0 bridgehead atoms. The van der Waals surface area contributed by atoms with Gasteiger partial charge in [0.25, 0.3) is 0 Å². The van der Waals surface area contributed by atoms with Crippen LogP contribution in [0.4, 0.5) is 0 Å². The third kappa shape index (κ3) is 4.01. The van der Waals surface area contributed by atoms with E-state index in [1.165, 1.54) is 0 Å². The molecule has 1 atom stereocenters. The highest BCUT2D eigenvalue weighted by molar-refractivity contribution is 7.81. The first-order valence-corrected chi connectivity index (χ1v) is 13.2. The van der Waals surface area contributed by atoms with Crippen LogP contribution in [0.2, 0.25) is 0 Å². The standard InChI is InChI=1S/C25H19NO2S4/c1-15-13-17(7-8-18(15)22-14-23(29)32-31-22)28-25(27)19-11-12-26-20(19)9-10-21(26)24(30)16-5-3-2-4-6-16/h2-10,13-14,19H,11-12H2,1H3. The van der Waals surface area contributed by atoms with Crippen LogP contribution in [0.25, 0.3) is 10.4 Å². The van der Waals surface area contributed by atoms with Crippen LogP contribution in [0, 0.1) is 10.7 Å². The topological polar surface area (TPSA) is 31.2 Å². The zero-order valence-electron chi connectivity index (χ0n) is 17.2. The van der Waals surface area contributed by atoms with Crippen LogP contribution < -0.4 is 4.74 Å². The molecule has 0 aliphatic carbocycles. The first kappa shape index (κ1) is 21.4. The van der Waals surface area contributed by atoms with Crippen molar-refractivity contribution in [3.05, 3.63) is 93.1 Å². The second kappa shape index (κ2) is 8.83. The third-order valence-electron chi connectivity index (χ3n) is 5.71. The van der Waals surface area contributed by atoms with E-state index in [2.05, 4.69) is 4.57 Å². The number of hydrogen-bond acceptors (Lipinski definition) is 6. The van der Waals surface area contributed by atoms with Gasteiger partial charge in [0.1, 0.15) is 9.57 Å².